The van der Waals surface area contributed by atoms with Crippen molar-refractivity contribution in [2.24, 2.45) is 0 Å². The molecule has 0 spiro atoms. The van der Waals surface area contributed by atoms with E-state index in [1.165, 1.54) is 10.9 Å². The molecular weight excluding hydrogens is 297 g/mol. The molecule has 1 amide bonds. The van der Waals surface area contributed by atoms with Crippen molar-refractivity contribution in [3.05, 3.63) is 59.3 Å². The molecule has 23 heavy (non-hydrogen) atoms. The van der Waals surface area contributed by atoms with Gasteiger partial charge >= 0.3 is 0 Å². The molecule has 2 aromatic heterocycles. The van der Waals surface area contributed by atoms with Gasteiger partial charge in [-0.05, 0) is 36.8 Å². The summed E-state index contributed by atoms with van der Waals surface area (Å²) in [6.07, 6.45) is 1.39. The summed E-state index contributed by atoms with van der Waals surface area (Å²) < 4.78 is 15.3. The first-order valence-corrected chi connectivity index (χ1v) is 7.10. The lowest BCUT2D eigenvalue weighted by atomic mass is 10.0. The van der Waals surface area contributed by atoms with Crippen molar-refractivity contribution >= 4 is 5.91 Å². The van der Waals surface area contributed by atoms with E-state index in [9.17, 15) is 9.18 Å². The zero-order valence-electron chi connectivity index (χ0n) is 12.2. The number of carbonyl (C=O) groups is 1. The lowest BCUT2D eigenvalue weighted by Gasteiger charge is -2.05. The van der Waals surface area contributed by atoms with E-state index in [1.54, 1.807) is 18.2 Å². The summed E-state index contributed by atoms with van der Waals surface area (Å²) in [6.45, 7) is 2.32. The normalized spacial score (nSPS) is 13.0. The van der Waals surface area contributed by atoms with Crippen molar-refractivity contribution in [1.29, 1.82) is 0 Å². The molecular formula is C16H12FN5O. The fraction of sp³-hybridized carbons (Fsp3) is 0.125. The zero-order chi connectivity index (χ0) is 16.0. The highest BCUT2D eigenvalue weighted by molar-refractivity contribution is 5.98. The molecule has 0 unspecified atom stereocenters. The van der Waals surface area contributed by atoms with Crippen LogP contribution in [0.1, 0.15) is 21.6 Å². The van der Waals surface area contributed by atoms with Gasteiger partial charge in [0.05, 0.1) is 5.69 Å². The Morgan fingerprint density at radius 2 is 2.17 bits per heavy atom. The number of hydrogen-bond donors (Lipinski definition) is 1. The summed E-state index contributed by atoms with van der Waals surface area (Å²) in [7, 11) is 0. The Labute approximate surface area is 131 Å². The molecule has 1 aliphatic heterocycles. The van der Waals surface area contributed by atoms with Gasteiger partial charge in [-0.15, -0.1) is 5.10 Å². The van der Waals surface area contributed by atoms with Crippen LogP contribution in [0.4, 0.5) is 4.39 Å². The van der Waals surface area contributed by atoms with Gasteiger partial charge in [-0.3, -0.25) is 4.79 Å². The van der Waals surface area contributed by atoms with E-state index in [-0.39, 0.29) is 11.6 Å². The van der Waals surface area contributed by atoms with Gasteiger partial charge in [0.25, 0.3) is 5.91 Å². The van der Waals surface area contributed by atoms with E-state index < -0.39 is 5.95 Å². The van der Waals surface area contributed by atoms with E-state index in [4.69, 9.17) is 0 Å². The number of fused-ring (bicyclic) bond motifs is 1. The Morgan fingerprint density at radius 1 is 1.30 bits per heavy atom. The van der Waals surface area contributed by atoms with Crippen molar-refractivity contribution in [1.82, 2.24) is 25.3 Å². The highest BCUT2D eigenvalue weighted by atomic mass is 19.1. The third-order valence-corrected chi connectivity index (χ3v) is 3.92. The smallest absolute Gasteiger partial charge is 0.251 e. The van der Waals surface area contributed by atoms with Gasteiger partial charge in [0.1, 0.15) is 11.4 Å². The van der Waals surface area contributed by atoms with Crippen LogP contribution < -0.4 is 5.32 Å². The minimum Gasteiger partial charge on any atom is -0.348 e. The molecule has 1 aliphatic rings. The van der Waals surface area contributed by atoms with Crippen LogP contribution in [0.15, 0.2) is 36.5 Å². The molecule has 114 valence electrons. The number of rotatable bonds is 2. The van der Waals surface area contributed by atoms with Gasteiger partial charge in [0, 0.05) is 23.9 Å². The molecule has 3 aromatic rings. The van der Waals surface area contributed by atoms with E-state index in [0.717, 1.165) is 11.1 Å². The number of hydrogen-bond acceptors (Lipinski definition) is 4. The van der Waals surface area contributed by atoms with E-state index in [1.807, 2.05) is 19.1 Å². The highest BCUT2D eigenvalue weighted by Gasteiger charge is 2.21. The maximum atomic E-state index is 13.8. The van der Waals surface area contributed by atoms with Gasteiger partial charge in [-0.25, -0.2) is 9.67 Å². The largest absolute Gasteiger partial charge is 0.348 e. The van der Waals surface area contributed by atoms with Crippen molar-refractivity contribution in [2.75, 3.05) is 0 Å². The molecule has 3 heterocycles. The van der Waals surface area contributed by atoms with Crippen LogP contribution in [0.3, 0.4) is 0 Å². The molecule has 0 fully saturated rings. The lowest BCUT2D eigenvalue weighted by molar-refractivity contribution is 0.0966. The molecule has 1 N–H and O–H groups in total. The van der Waals surface area contributed by atoms with Crippen molar-refractivity contribution in [2.45, 2.75) is 13.5 Å². The Kier molecular flexibility index (Phi) is 2.94. The quantitative estimate of drug-likeness (QED) is 0.735. The predicted octanol–water partition coefficient (Wildman–Crippen LogP) is 2.02. The molecule has 0 bridgehead atoms. The van der Waals surface area contributed by atoms with E-state index in [2.05, 4.69) is 20.6 Å². The molecule has 4 rings (SSSR count). The van der Waals surface area contributed by atoms with Crippen LogP contribution in [0.5, 0.6) is 0 Å². The van der Waals surface area contributed by atoms with Crippen LogP contribution in [0.2, 0.25) is 0 Å². The van der Waals surface area contributed by atoms with Gasteiger partial charge in [-0.1, -0.05) is 11.3 Å². The SMILES string of the molecule is Cc1c(-c2ccc3c(c2)CNC3=O)nnn1-c1cccnc1F. The average molecular weight is 309 g/mol. The molecule has 0 atom stereocenters. The number of amides is 1. The lowest BCUT2D eigenvalue weighted by Crippen LogP contribution is -2.12. The summed E-state index contributed by atoms with van der Waals surface area (Å²) in [5.41, 5.74) is 4.05. The number of pyridine rings is 1. The number of halogens is 1. The Bertz CT molecular complexity index is 934. The molecule has 0 saturated carbocycles. The van der Waals surface area contributed by atoms with E-state index >= 15 is 0 Å². The number of benzene rings is 1. The van der Waals surface area contributed by atoms with Crippen molar-refractivity contribution < 1.29 is 9.18 Å². The number of aromatic nitrogens is 4. The van der Waals surface area contributed by atoms with E-state index in [0.29, 0.717) is 23.5 Å². The summed E-state index contributed by atoms with van der Waals surface area (Å²) in [4.78, 5) is 15.2. The number of carbonyl (C=O) groups excluding carboxylic acids is 1. The van der Waals surface area contributed by atoms with Gasteiger partial charge in [0.15, 0.2) is 0 Å². The number of nitrogens with one attached hydrogen (secondary N) is 1. The van der Waals surface area contributed by atoms with Crippen LogP contribution in [-0.2, 0) is 6.54 Å². The third kappa shape index (κ3) is 2.09. The molecule has 1 aromatic carbocycles. The van der Waals surface area contributed by atoms with Crippen molar-refractivity contribution in [3.63, 3.8) is 0 Å². The maximum absolute atomic E-state index is 13.8. The minimum absolute atomic E-state index is 0.0654. The summed E-state index contributed by atoms with van der Waals surface area (Å²) in [6, 6.07) is 8.75. The van der Waals surface area contributed by atoms with Gasteiger partial charge in [-0.2, -0.15) is 4.39 Å². The van der Waals surface area contributed by atoms with Crippen LogP contribution in [-0.4, -0.2) is 25.9 Å². The first kappa shape index (κ1) is 13.6. The fourth-order valence-electron chi connectivity index (χ4n) is 2.74. The zero-order valence-corrected chi connectivity index (χ0v) is 12.2. The highest BCUT2D eigenvalue weighted by Crippen LogP contribution is 2.27. The topological polar surface area (TPSA) is 72.7 Å². The second kappa shape index (κ2) is 4.98. The van der Waals surface area contributed by atoms with Crippen LogP contribution in [0.25, 0.3) is 16.9 Å². The monoisotopic (exact) mass is 309 g/mol. The second-order valence-corrected chi connectivity index (χ2v) is 5.30. The fourth-order valence-corrected chi connectivity index (χ4v) is 2.74. The first-order chi connectivity index (χ1) is 11.1. The molecule has 6 nitrogen and oxygen atoms in total. The second-order valence-electron chi connectivity index (χ2n) is 5.30. The minimum atomic E-state index is -0.601. The van der Waals surface area contributed by atoms with Gasteiger partial charge < -0.3 is 5.32 Å². The summed E-state index contributed by atoms with van der Waals surface area (Å²) >= 11 is 0. The van der Waals surface area contributed by atoms with Gasteiger partial charge in [0.2, 0.25) is 5.95 Å². The standard InChI is InChI=1S/C16H12FN5O/c1-9-14(10-4-5-12-11(7-10)8-19-16(12)23)20-21-22(9)13-3-2-6-18-15(13)17/h2-7H,8H2,1H3,(H,19,23). The molecule has 0 aliphatic carbocycles. The Morgan fingerprint density at radius 3 is 3.00 bits per heavy atom. The maximum Gasteiger partial charge on any atom is 0.251 e. The van der Waals surface area contributed by atoms with Crippen LogP contribution in [0, 0.1) is 12.9 Å². The average Bonchev–Trinajstić information content (AvgIpc) is 3.11. The molecule has 7 heteroatoms. The first-order valence-electron chi connectivity index (χ1n) is 7.10. The summed E-state index contributed by atoms with van der Waals surface area (Å²) in [5.74, 6) is -0.667. The Hall–Kier alpha value is -3.09. The third-order valence-electron chi connectivity index (χ3n) is 3.92. The van der Waals surface area contributed by atoms with Crippen molar-refractivity contribution in [3.8, 4) is 16.9 Å². The number of nitrogens with zero attached hydrogens (tertiary/aromatic N) is 4. The Balaban J connectivity index is 1.80. The molecule has 0 saturated heterocycles. The summed E-state index contributed by atoms with van der Waals surface area (Å²) in [5, 5.41) is 11.0. The molecule has 0 radical (unpaired) electrons. The van der Waals surface area contributed by atoms with Crippen LogP contribution >= 0.6 is 0 Å². The predicted molar refractivity (Wildman–Crippen MR) is 80.5 cm³/mol.